The number of hydrogen-bond acceptors (Lipinski definition) is 5. The van der Waals surface area contributed by atoms with Crippen LogP contribution in [0.25, 0.3) is 0 Å². The maximum absolute atomic E-state index is 12.8. The summed E-state index contributed by atoms with van der Waals surface area (Å²) in [6.07, 6.45) is 71.1. The lowest BCUT2D eigenvalue weighted by molar-refractivity contribution is -0.162. The molecule has 1 atom stereocenters. The van der Waals surface area contributed by atoms with Crippen LogP contribution < -0.4 is 0 Å². The van der Waals surface area contributed by atoms with Crippen molar-refractivity contribution in [1.29, 1.82) is 0 Å². The third kappa shape index (κ3) is 49.2. The van der Waals surface area contributed by atoms with E-state index in [1.54, 1.807) is 0 Å². The first-order valence-electron chi connectivity index (χ1n) is 25.4. The highest BCUT2D eigenvalue weighted by Gasteiger charge is 2.17. The van der Waals surface area contributed by atoms with Gasteiger partial charge in [-0.15, -0.1) is 0 Å². The van der Waals surface area contributed by atoms with Crippen LogP contribution in [0.15, 0.2) is 109 Å². The molecule has 5 heteroatoms. The molecule has 0 N–H and O–H groups in total. The van der Waals surface area contributed by atoms with Crippen LogP contribution in [0.4, 0.5) is 0 Å². The van der Waals surface area contributed by atoms with Gasteiger partial charge in [0.2, 0.25) is 0 Å². The van der Waals surface area contributed by atoms with Crippen LogP contribution >= 0.6 is 0 Å². The Balaban J connectivity index is 4.33. The molecule has 0 bridgehead atoms. The minimum Gasteiger partial charge on any atom is -0.462 e. The van der Waals surface area contributed by atoms with Gasteiger partial charge in [-0.25, -0.2) is 0 Å². The Morgan fingerprint density at radius 3 is 1.26 bits per heavy atom. The Morgan fingerprint density at radius 1 is 0.371 bits per heavy atom. The quantitative estimate of drug-likeness (QED) is 0.0347. The van der Waals surface area contributed by atoms with E-state index in [1.807, 2.05) is 6.08 Å². The first-order chi connectivity index (χ1) is 30.6. The first kappa shape index (κ1) is 58.6. The zero-order valence-electron chi connectivity index (χ0n) is 40.3. The SMILES string of the molecule is CC/C=C\C/C=C\C/C=C\C/C=C\C/C=C\C/C=C\CCC(=O)OCC(COCCCCCCCCCC)OC(=O)CCCCCCCC/C=C\C/C=C\C/C=C\CCCCC. The molecule has 0 rings (SSSR count). The molecule has 0 aliphatic heterocycles. The molecule has 0 heterocycles. The van der Waals surface area contributed by atoms with Gasteiger partial charge in [-0.2, -0.15) is 0 Å². The molecule has 62 heavy (non-hydrogen) atoms. The van der Waals surface area contributed by atoms with Crippen molar-refractivity contribution in [2.45, 2.75) is 219 Å². The second-order valence-electron chi connectivity index (χ2n) is 16.3. The Kier molecular flexibility index (Phi) is 49.0. The van der Waals surface area contributed by atoms with Gasteiger partial charge in [-0.05, 0) is 96.3 Å². The van der Waals surface area contributed by atoms with Crippen molar-refractivity contribution in [3.05, 3.63) is 109 Å². The predicted octanol–water partition coefficient (Wildman–Crippen LogP) is 17.2. The van der Waals surface area contributed by atoms with E-state index in [1.165, 1.54) is 83.5 Å². The molecule has 0 spiro atoms. The number of hydrogen-bond donors (Lipinski definition) is 0. The van der Waals surface area contributed by atoms with Crippen molar-refractivity contribution in [1.82, 2.24) is 0 Å². The zero-order valence-corrected chi connectivity index (χ0v) is 40.3. The molecule has 0 aromatic rings. The van der Waals surface area contributed by atoms with Crippen molar-refractivity contribution in [3.8, 4) is 0 Å². The van der Waals surface area contributed by atoms with Crippen molar-refractivity contribution < 1.29 is 23.8 Å². The van der Waals surface area contributed by atoms with Gasteiger partial charge in [0.25, 0.3) is 0 Å². The van der Waals surface area contributed by atoms with E-state index in [-0.39, 0.29) is 25.2 Å². The lowest BCUT2D eigenvalue weighted by Crippen LogP contribution is -2.30. The fourth-order valence-corrected chi connectivity index (χ4v) is 6.54. The first-order valence-corrected chi connectivity index (χ1v) is 25.4. The highest BCUT2D eigenvalue weighted by Crippen LogP contribution is 2.12. The third-order valence-corrected chi connectivity index (χ3v) is 10.3. The van der Waals surface area contributed by atoms with Crippen LogP contribution in [-0.2, 0) is 23.8 Å². The second kappa shape index (κ2) is 51.9. The fourth-order valence-electron chi connectivity index (χ4n) is 6.54. The minimum atomic E-state index is -0.577. The average Bonchev–Trinajstić information content (AvgIpc) is 3.27. The number of carbonyl (C=O) groups excluding carboxylic acids is 2. The van der Waals surface area contributed by atoms with Gasteiger partial charge >= 0.3 is 11.9 Å². The predicted molar refractivity (Wildman–Crippen MR) is 269 cm³/mol. The second-order valence-corrected chi connectivity index (χ2v) is 16.3. The third-order valence-electron chi connectivity index (χ3n) is 10.3. The summed E-state index contributed by atoms with van der Waals surface area (Å²) in [5.41, 5.74) is 0. The summed E-state index contributed by atoms with van der Waals surface area (Å²) in [5.74, 6) is -0.515. The summed E-state index contributed by atoms with van der Waals surface area (Å²) in [6.45, 7) is 7.56. The monoisotopic (exact) mass is 859 g/mol. The molecule has 0 aliphatic rings. The van der Waals surface area contributed by atoms with Gasteiger partial charge in [-0.1, -0.05) is 214 Å². The summed E-state index contributed by atoms with van der Waals surface area (Å²) in [6, 6.07) is 0. The summed E-state index contributed by atoms with van der Waals surface area (Å²) < 4.78 is 17.2. The van der Waals surface area contributed by atoms with Gasteiger partial charge in [0.1, 0.15) is 6.61 Å². The molecule has 0 saturated carbocycles. The highest BCUT2D eigenvalue weighted by atomic mass is 16.6. The van der Waals surface area contributed by atoms with Gasteiger partial charge in [0, 0.05) is 19.4 Å². The Labute approximate surface area is 383 Å². The zero-order chi connectivity index (χ0) is 44.9. The lowest BCUT2D eigenvalue weighted by atomic mass is 10.1. The molecular weight excluding hydrogens is 765 g/mol. The highest BCUT2D eigenvalue weighted by molar-refractivity contribution is 5.70. The van der Waals surface area contributed by atoms with Crippen LogP contribution in [0.3, 0.4) is 0 Å². The molecule has 352 valence electrons. The van der Waals surface area contributed by atoms with Gasteiger partial charge in [-0.3, -0.25) is 9.59 Å². The van der Waals surface area contributed by atoms with Crippen molar-refractivity contribution in [2.24, 2.45) is 0 Å². The van der Waals surface area contributed by atoms with Crippen LogP contribution in [-0.4, -0.2) is 37.9 Å². The number of ether oxygens (including phenoxy) is 3. The van der Waals surface area contributed by atoms with Gasteiger partial charge in [0.05, 0.1) is 6.61 Å². The topological polar surface area (TPSA) is 61.8 Å². The van der Waals surface area contributed by atoms with Crippen molar-refractivity contribution >= 4 is 11.9 Å². The average molecular weight is 859 g/mol. The smallest absolute Gasteiger partial charge is 0.306 e. The Bertz CT molecular complexity index is 1250. The molecule has 0 amide bonds. The fraction of sp³-hybridized carbons (Fsp3) is 0.649. The van der Waals surface area contributed by atoms with Crippen LogP contribution in [0.1, 0.15) is 213 Å². The van der Waals surface area contributed by atoms with E-state index < -0.39 is 6.10 Å². The summed E-state index contributed by atoms with van der Waals surface area (Å²) >= 11 is 0. The number of carbonyl (C=O) groups is 2. The van der Waals surface area contributed by atoms with E-state index in [0.717, 1.165) is 89.9 Å². The number of allylic oxidation sites excluding steroid dienone is 18. The standard InChI is InChI=1S/C57H94O5/c1-4-7-10-13-16-19-21-23-25-27-29-31-33-35-37-39-41-44-47-50-56(58)61-54-55(53-60-52-49-46-43-18-15-12-9-6-3)62-57(59)51-48-45-42-40-38-36-34-32-30-28-26-24-22-20-17-14-11-8-5-2/h7,10,16-17,19-20,23-26,29-32,35,37,41,44,55H,4-6,8-9,11-15,18,21-22,27-28,33-34,36,38-40,42-43,45-54H2,1-3H3/b10-7-,19-16-,20-17-,25-23-,26-24-,31-29-,32-30-,37-35-,44-41-. The molecule has 0 radical (unpaired) electrons. The van der Waals surface area contributed by atoms with Crippen LogP contribution in [0.2, 0.25) is 0 Å². The van der Waals surface area contributed by atoms with E-state index in [4.69, 9.17) is 14.2 Å². The summed E-state index contributed by atoms with van der Waals surface area (Å²) in [7, 11) is 0. The molecule has 0 aliphatic carbocycles. The molecule has 0 aromatic carbocycles. The molecule has 5 nitrogen and oxygen atoms in total. The van der Waals surface area contributed by atoms with Crippen LogP contribution in [0, 0.1) is 0 Å². The lowest BCUT2D eigenvalue weighted by Gasteiger charge is -2.18. The van der Waals surface area contributed by atoms with Crippen molar-refractivity contribution in [2.75, 3.05) is 19.8 Å². The number of esters is 2. The molecule has 0 fully saturated rings. The van der Waals surface area contributed by atoms with Crippen LogP contribution in [0.5, 0.6) is 0 Å². The maximum atomic E-state index is 12.8. The van der Waals surface area contributed by atoms with Gasteiger partial charge in [0.15, 0.2) is 6.10 Å². The van der Waals surface area contributed by atoms with E-state index in [0.29, 0.717) is 25.9 Å². The van der Waals surface area contributed by atoms with E-state index in [9.17, 15) is 9.59 Å². The number of unbranched alkanes of at least 4 members (excludes halogenated alkanes) is 16. The van der Waals surface area contributed by atoms with Crippen molar-refractivity contribution in [3.63, 3.8) is 0 Å². The largest absolute Gasteiger partial charge is 0.462 e. The normalized spacial score (nSPS) is 13.1. The van der Waals surface area contributed by atoms with E-state index in [2.05, 4.69) is 124 Å². The maximum Gasteiger partial charge on any atom is 0.306 e. The molecule has 1 unspecified atom stereocenters. The summed E-state index contributed by atoms with van der Waals surface area (Å²) in [5, 5.41) is 0. The summed E-state index contributed by atoms with van der Waals surface area (Å²) in [4.78, 5) is 25.3. The molecule has 0 aromatic heterocycles. The molecule has 0 saturated heterocycles. The number of rotatable bonds is 45. The minimum absolute atomic E-state index is 0.0347. The molecular formula is C57H94O5. The van der Waals surface area contributed by atoms with E-state index >= 15 is 0 Å². The van der Waals surface area contributed by atoms with Gasteiger partial charge < -0.3 is 14.2 Å². The Morgan fingerprint density at radius 2 is 0.758 bits per heavy atom. The Hall–Kier alpha value is -3.44.